The van der Waals surface area contributed by atoms with Crippen LogP contribution in [0.3, 0.4) is 0 Å². The molecule has 0 saturated carbocycles. The van der Waals surface area contributed by atoms with Gasteiger partial charge in [0.15, 0.2) is 0 Å². The van der Waals surface area contributed by atoms with Crippen molar-refractivity contribution in [2.45, 2.75) is 25.3 Å². The summed E-state index contributed by atoms with van der Waals surface area (Å²) in [6, 6.07) is 4.87. The number of hydrogen-bond acceptors (Lipinski definition) is 2. The van der Waals surface area contributed by atoms with Crippen molar-refractivity contribution in [1.29, 1.82) is 0 Å². The molecule has 2 rings (SSSR count). The minimum atomic E-state index is -4.22. The van der Waals surface area contributed by atoms with E-state index in [0.717, 1.165) is 24.1 Å². The monoisotopic (exact) mass is 290 g/mol. The largest absolute Gasteiger partial charge is 0.346 e. The summed E-state index contributed by atoms with van der Waals surface area (Å²) in [7, 11) is 0. The normalized spacial score (nSPS) is 15.1. The maximum atomic E-state index is 12.7. The molecule has 20 heavy (non-hydrogen) atoms. The molecule has 0 unspecified atom stereocenters. The molecule has 1 aromatic carbocycles. The lowest BCUT2D eigenvalue weighted by molar-refractivity contribution is -0.123. The van der Waals surface area contributed by atoms with Crippen LogP contribution in [0.5, 0.6) is 0 Å². The van der Waals surface area contributed by atoms with Gasteiger partial charge in [-0.3, -0.25) is 4.79 Å². The highest BCUT2D eigenvalue weighted by molar-refractivity contribution is 5.94. The van der Waals surface area contributed by atoms with Crippen LogP contribution >= 0.6 is 0 Å². The highest BCUT2D eigenvalue weighted by atomic mass is 19.3. The van der Waals surface area contributed by atoms with Crippen LogP contribution < -0.4 is 10.6 Å². The molecule has 0 spiro atoms. The predicted octanol–water partition coefficient (Wildman–Crippen LogP) is 1.96. The molecule has 1 aliphatic rings. The first-order chi connectivity index (χ1) is 9.40. The van der Waals surface area contributed by atoms with Crippen molar-refractivity contribution >= 4 is 5.91 Å². The van der Waals surface area contributed by atoms with Crippen LogP contribution in [-0.2, 0) is 13.0 Å². The van der Waals surface area contributed by atoms with Crippen molar-refractivity contribution < 1.29 is 22.4 Å². The van der Waals surface area contributed by atoms with E-state index in [1.807, 2.05) is 5.32 Å². The van der Waals surface area contributed by atoms with E-state index in [4.69, 9.17) is 0 Å². The highest BCUT2D eigenvalue weighted by Gasteiger charge is 2.40. The number of alkyl halides is 4. The topological polar surface area (TPSA) is 41.1 Å². The first-order valence-electron chi connectivity index (χ1n) is 6.17. The summed E-state index contributed by atoms with van der Waals surface area (Å²) in [5.74, 6) is -5.00. The number of carbonyl (C=O) groups is 1. The summed E-state index contributed by atoms with van der Waals surface area (Å²) in [5, 5.41) is 4.97. The van der Waals surface area contributed by atoms with Crippen molar-refractivity contribution in [3.63, 3.8) is 0 Å². The third kappa shape index (κ3) is 3.27. The third-order valence-corrected chi connectivity index (χ3v) is 3.16. The van der Waals surface area contributed by atoms with Gasteiger partial charge in [0.05, 0.1) is 6.54 Å². The molecule has 1 heterocycles. The first kappa shape index (κ1) is 14.8. The Hall–Kier alpha value is -1.63. The molecule has 0 radical (unpaired) electrons. The Balaban J connectivity index is 2.03. The van der Waals surface area contributed by atoms with E-state index in [2.05, 4.69) is 5.32 Å². The lowest BCUT2D eigenvalue weighted by Crippen LogP contribution is -2.41. The molecular formula is C13H14F4N2O. The minimum Gasteiger partial charge on any atom is -0.346 e. The fourth-order valence-electron chi connectivity index (χ4n) is 2.00. The number of fused-ring (bicyclic) bond motifs is 1. The smallest absolute Gasteiger partial charge is 0.324 e. The fourth-order valence-corrected chi connectivity index (χ4v) is 2.00. The van der Waals surface area contributed by atoms with Gasteiger partial charge < -0.3 is 10.6 Å². The Morgan fingerprint density at radius 3 is 2.80 bits per heavy atom. The summed E-state index contributed by atoms with van der Waals surface area (Å²) >= 11 is 0. The second kappa shape index (κ2) is 5.78. The number of amides is 1. The Morgan fingerprint density at radius 2 is 2.10 bits per heavy atom. The molecule has 1 amide bonds. The van der Waals surface area contributed by atoms with E-state index in [0.29, 0.717) is 6.54 Å². The summed E-state index contributed by atoms with van der Waals surface area (Å²) in [4.78, 5) is 11.7. The first-order valence-corrected chi connectivity index (χ1v) is 6.17. The second-order valence-corrected chi connectivity index (χ2v) is 4.65. The van der Waals surface area contributed by atoms with E-state index in [1.165, 1.54) is 6.07 Å². The zero-order chi connectivity index (χ0) is 14.8. The van der Waals surface area contributed by atoms with E-state index < -0.39 is 24.8 Å². The van der Waals surface area contributed by atoms with Crippen molar-refractivity contribution in [1.82, 2.24) is 10.6 Å². The van der Waals surface area contributed by atoms with Gasteiger partial charge in [-0.05, 0) is 36.2 Å². The minimum absolute atomic E-state index is 0.192. The lowest BCUT2D eigenvalue weighted by Gasteiger charge is -2.18. The summed E-state index contributed by atoms with van der Waals surface area (Å²) in [6.45, 7) is 0.0711. The van der Waals surface area contributed by atoms with Crippen LogP contribution in [0.1, 0.15) is 21.5 Å². The van der Waals surface area contributed by atoms with Gasteiger partial charge in [-0.25, -0.2) is 8.78 Å². The number of hydrogen-bond donors (Lipinski definition) is 2. The number of halogens is 4. The average molecular weight is 290 g/mol. The maximum Gasteiger partial charge on any atom is 0.324 e. The number of rotatable bonds is 4. The molecule has 3 nitrogen and oxygen atoms in total. The molecule has 1 aromatic rings. The molecule has 7 heteroatoms. The Bertz CT molecular complexity index is 505. The maximum absolute atomic E-state index is 12.7. The van der Waals surface area contributed by atoms with Gasteiger partial charge in [-0.2, -0.15) is 8.78 Å². The lowest BCUT2D eigenvalue weighted by atomic mass is 9.98. The Kier molecular flexibility index (Phi) is 4.27. The highest BCUT2D eigenvalue weighted by Crippen LogP contribution is 2.22. The average Bonchev–Trinajstić information content (AvgIpc) is 2.44. The Morgan fingerprint density at radius 1 is 1.35 bits per heavy atom. The fraction of sp³-hybridized carbons (Fsp3) is 0.462. The molecule has 0 atom stereocenters. The zero-order valence-corrected chi connectivity index (χ0v) is 10.6. The van der Waals surface area contributed by atoms with Gasteiger partial charge >= 0.3 is 12.3 Å². The van der Waals surface area contributed by atoms with Gasteiger partial charge in [-0.15, -0.1) is 0 Å². The van der Waals surface area contributed by atoms with Gasteiger partial charge in [-0.1, -0.05) is 6.07 Å². The third-order valence-electron chi connectivity index (χ3n) is 3.16. The molecule has 1 aliphatic heterocycles. The second-order valence-electron chi connectivity index (χ2n) is 4.65. The molecule has 110 valence electrons. The summed E-state index contributed by atoms with van der Waals surface area (Å²) in [5.41, 5.74) is 2.21. The standard InChI is InChI=1S/C13H14F4N2O/c14-12(15)13(16,17)7-19-11(20)9-2-1-8-3-4-18-6-10(8)5-9/h1-2,5,12,18H,3-4,6-7H2,(H,19,20). The van der Waals surface area contributed by atoms with E-state index in [1.54, 1.807) is 12.1 Å². The molecular weight excluding hydrogens is 276 g/mol. The predicted molar refractivity (Wildman–Crippen MR) is 65.1 cm³/mol. The van der Waals surface area contributed by atoms with Gasteiger partial charge in [0.1, 0.15) is 0 Å². The van der Waals surface area contributed by atoms with Crippen molar-refractivity contribution in [3.05, 3.63) is 34.9 Å². The molecule has 0 aromatic heterocycles. The molecule has 2 N–H and O–H groups in total. The summed E-state index contributed by atoms with van der Waals surface area (Å²) < 4.78 is 49.4. The quantitative estimate of drug-likeness (QED) is 0.832. The van der Waals surface area contributed by atoms with Crippen LogP contribution in [-0.4, -0.2) is 31.3 Å². The van der Waals surface area contributed by atoms with Gasteiger partial charge in [0, 0.05) is 12.1 Å². The number of benzene rings is 1. The SMILES string of the molecule is O=C(NCC(F)(F)C(F)F)c1ccc2c(c1)CNCC2. The van der Waals surface area contributed by atoms with Crippen LogP contribution in [0.15, 0.2) is 18.2 Å². The van der Waals surface area contributed by atoms with Crippen LogP contribution in [0, 0.1) is 0 Å². The van der Waals surface area contributed by atoms with Crippen LogP contribution in [0.25, 0.3) is 0 Å². The van der Waals surface area contributed by atoms with Crippen molar-refractivity contribution in [2.75, 3.05) is 13.1 Å². The molecule has 0 aliphatic carbocycles. The number of nitrogens with one attached hydrogen (secondary N) is 2. The molecule has 0 saturated heterocycles. The molecule has 0 bridgehead atoms. The van der Waals surface area contributed by atoms with Crippen molar-refractivity contribution in [2.24, 2.45) is 0 Å². The van der Waals surface area contributed by atoms with Crippen molar-refractivity contribution in [3.8, 4) is 0 Å². The Labute approximate surface area is 113 Å². The zero-order valence-electron chi connectivity index (χ0n) is 10.6. The van der Waals surface area contributed by atoms with Crippen LogP contribution in [0.4, 0.5) is 17.6 Å². The van der Waals surface area contributed by atoms with E-state index in [9.17, 15) is 22.4 Å². The van der Waals surface area contributed by atoms with Crippen LogP contribution in [0.2, 0.25) is 0 Å². The summed E-state index contributed by atoms with van der Waals surface area (Å²) in [6.07, 6.45) is -2.96. The van der Waals surface area contributed by atoms with Gasteiger partial charge in [0.2, 0.25) is 0 Å². The van der Waals surface area contributed by atoms with E-state index >= 15 is 0 Å². The van der Waals surface area contributed by atoms with E-state index in [-0.39, 0.29) is 5.56 Å². The molecule has 0 fully saturated rings. The number of carbonyl (C=O) groups excluding carboxylic acids is 1. The van der Waals surface area contributed by atoms with Gasteiger partial charge in [0.25, 0.3) is 5.91 Å².